The van der Waals surface area contributed by atoms with Crippen LogP contribution in [0.3, 0.4) is 0 Å². The molecule has 426 valence electrons. The summed E-state index contributed by atoms with van der Waals surface area (Å²) in [7, 11) is 0. The van der Waals surface area contributed by atoms with Crippen LogP contribution in [-0.4, -0.2) is 151 Å². The molecule has 1 aromatic rings. The zero-order chi connectivity index (χ0) is 53.5. The molecule has 6 bridgehead atoms. The molecule has 15 heteroatoms. The van der Waals surface area contributed by atoms with Gasteiger partial charge in [-0.05, 0) is 160 Å². The number of anilines is 3. The van der Waals surface area contributed by atoms with Gasteiger partial charge in [-0.15, -0.1) is 0 Å². The maximum atomic E-state index is 7.39. The van der Waals surface area contributed by atoms with Crippen molar-refractivity contribution >= 4 is 17.8 Å². The highest BCUT2D eigenvalue weighted by molar-refractivity contribution is 5.43. The number of nitrogens with one attached hydrogen (secondary N) is 3. The molecule has 9 aliphatic heterocycles. The number of hydrazine groups is 3. The Morgan fingerprint density at radius 1 is 0.387 bits per heavy atom. The Bertz CT molecular complexity index is 1840. The van der Waals surface area contributed by atoms with Gasteiger partial charge >= 0.3 is 0 Å². The molecular formula is C60H108N12O3. The van der Waals surface area contributed by atoms with Crippen molar-refractivity contribution in [3.8, 4) is 0 Å². The van der Waals surface area contributed by atoms with Crippen molar-refractivity contribution in [1.82, 2.24) is 44.7 Å². The number of rotatable bonds is 18. The summed E-state index contributed by atoms with van der Waals surface area (Å²) in [5.41, 5.74) is 11.6. The number of fused-ring (bicyclic) bond motifs is 9. The van der Waals surface area contributed by atoms with Gasteiger partial charge in [0.2, 0.25) is 17.8 Å². The maximum Gasteiger partial charge on any atom is 0.244 e. The van der Waals surface area contributed by atoms with Gasteiger partial charge in [0.05, 0.1) is 73.2 Å². The monoisotopic (exact) mass is 1040 g/mol. The number of aromatic nitrogens is 3. The van der Waals surface area contributed by atoms with Crippen molar-refractivity contribution in [1.29, 1.82) is 0 Å². The first-order valence-corrected chi connectivity index (χ1v) is 31.3. The summed E-state index contributed by atoms with van der Waals surface area (Å²) in [4.78, 5) is 24.9. The van der Waals surface area contributed by atoms with Crippen LogP contribution in [0.4, 0.5) is 17.8 Å². The quantitative estimate of drug-likeness (QED) is 0.129. The van der Waals surface area contributed by atoms with Gasteiger partial charge in [-0.3, -0.25) is 31.0 Å². The second kappa shape index (κ2) is 21.5. The van der Waals surface area contributed by atoms with Gasteiger partial charge in [0.15, 0.2) is 0 Å². The minimum Gasteiger partial charge on any atom is -0.371 e. The number of hydrogen-bond donors (Lipinski definition) is 3. The average molecular weight is 1050 g/mol. The van der Waals surface area contributed by atoms with Gasteiger partial charge in [0.1, 0.15) is 0 Å². The van der Waals surface area contributed by atoms with Crippen molar-refractivity contribution in [2.75, 3.05) is 16.3 Å². The fourth-order valence-corrected chi connectivity index (χ4v) is 18.4. The summed E-state index contributed by atoms with van der Waals surface area (Å²) >= 11 is 0. The molecule has 3 saturated carbocycles. The molecule has 9 saturated heterocycles. The minimum absolute atomic E-state index is 0.0128. The van der Waals surface area contributed by atoms with E-state index in [0.717, 1.165) is 96.3 Å². The van der Waals surface area contributed by atoms with Crippen LogP contribution >= 0.6 is 0 Å². The molecule has 3 N–H and O–H groups in total. The third-order valence-electron chi connectivity index (χ3n) is 20.6. The minimum atomic E-state index is -0.162. The van der Waals surface area contributed by atoms with Crippen molar-refractivity contribution in [2.24, 2.45) is 0 Å². The maximum absolute atomic E-state index is 7.39. The summed E-state index contributed by atoms with van der Waals surface area (Å²) in [6, 6.07) is 0.351. The molecule has 0 radical (unpaired) electrons. The van der Waals surface area contributed by atoms with Crippen molar-refractivity contribution in [3.05, 3.63) is 0 Å². The van der Waals surface area contributed by atoms with E-state index < -0.39 is 0 Å². The summed E-state index contributed by atoms with van der Waals surface area (Å²) in [5, 5.41) is 7.58. The Labute approximate surface area is 455 Å². The lowest BCUT2D eigenvalue weighted by Gasteiger charge is -2.70. The van der Waals surface area contributed by atoms with E-state index in [9.17, 15) is 0 Å². The first kappa shape index (κ1) is 56.3. The third-order valence-corrected chi connectivity index (χ3v) is 20.6. The largest absolute Gasteiger partial charge is 0.371 e. The molecule has 0 aromatic carbocycles. The Hall–Kier alpha value is -1.95. The van der Waals surface area contributed by atoms with Gasteiger partial charge in [0, 0.05) is 33.2 Å². The highest BCUT2D eigenvalue weighted by atomic mass is 16.5. The van der Waals surface area contributed by atoms with Crippen LogP contribution in [0.5, 0.6) is 0 Å². The fourth-order valence-electron chi connectivity index (χ4n) is 18.4. The summed E-state index contributed by atoms with van der Waals surface area (Å²) in [5.74, 6) is 1.69. The summed E-state index contributed by atoms with van der Waals surface area (Å²) < 4.78 is 22.2. The third kappa shape index (κ3) is 10.4. The van der Waals surface area contributed by atoms with Crippen LogP contribution in [0.1, 0.15) is 258 Å². The SMILES string of the molecule is CCCC1N(Nc2nc(NN3C4CC(C)(C)N(C3CCC)C(C)(C)C4OC3CCCCC3)nc(NN3C4CC(C)(C)N(C3CCC)C(C)(C)C4OC3CCCCC3)n2)C2CC(C)(C)N1C(C)(C)C2OC1CCCCC1. The van der Waals surface area contributed by atoms with Gasteiger partial charge < -0.3 is 14.2 Å². The van der Waals surface area contributed by atoms with Crippen LogP contribution in [0.25, 0.3) is 0 Å². The number of hydrogen-bond acceptors (Lipinski definition) is 15. The second-order valence-electron chi connectivity index (χ2n) is 28.9. The van der Waals surface area contributed by atoms with Crippen LogP contribution in [0, 0.1) is 0 Å². The molecular weight excluding hydrogens is 937 g/mol. The predicted octanol–water partition coefficient (Wildman–Crippen LogP) is 12.2. The fraction of sp³-hybridized carbons (Fsp3) is 0.950. The van der Waals surface area contributed by atoms with E-state index in [0.29, 0.717) is 36.2 Å². The van der Waals surface area contributed by atoms with Crippen molar-refractivity contribution < 1.29 is 14.2 Å². The van der Waals surface area contributed by atoms with Crippen molar-refractivity contribution in [2.45, 2.75) is 364 Å². The lowest BCUT2D eigenvalue weighted by Crippen LogP contribution is -2.83. The first-order valence-electron chi connectivity index (χ1n) is 31.3. The number of nitrogens with zero attached hydrogens (tertiary/aromatic N) is 9. The molecule has 75 heavy (non-hydrogen) atoms. The number of piperidine rings is 3. The molecule has 15 nitrogen and oxygen atoms in total. The molecule has 10 heterocycles. The molecule has 12 fully saturated rings. The van der Waals surface area contributed by atoms with E-state index in [1.165, 1.54) is 57.8 Å². The molecule has 0 spiro atoms. The Balaban J connectivity index is 1.05. The van der Waals surface area contributed by atoms with E-state index in [2.05, 4.69) is 150 Å². The first-order chi connectivity index (χ1) is 35.5. The highest BCUT2D eigenvalue weighted by Gasteiger charge is 2.66. The van der Waals surface area contributed by atoms with E-state index in [1.54, 1.807) is 0 Å². The Kier molecular flexibility index (Phi) is 16.2. The van der Waals surface area contributed by atoms with E-state index in [1.807, 2.05) is 0 Å². The number of ether oxygens (including phenoxy) is 3. The lowest BCUT2D eigenvalue weighted by atomic mass is 9.70. The van der Waals surface area contributed by atoms with Crippen LogP contribution in [0.15, 0.2) is 0 Å². The van der Waals surface area contributed by atoms with Gasteiger partial charge in [-0.2, -0.15) is 30.0 Å². The van der Waals surface area contributed by atoms with Crippen LogP contribution < -0.4 is 16.3 Å². The molecule has 12 atom stereocenters. The Morgan fingerprint density at radius 3 is 0.853 bits per heavy atom. The molecule has 13 rings (SSSR count). The average Bonchev–Trinajstić information content (AvgIpc) is 3.38. The lowest BCUT2D eigenvalue weighted by molar-refractivity contribution is -0.269. The van der Waals surface area contributed by atoms with Crippen LogP contribution in [0.2, 0.25) is 0 Å². The molecule has 12 unspecified atom stereocenters. The topological polar surface area (TPSA) is 122 Å². The normalized spacial score (nSPS) is 38.4. The van der Waals surface area contributed by atoms with Gasteiger partial charge in [-0.1, -0.05) is 97.8 Å². The van der Waals surface area contributed by atoms with Gasteiger partial charge in [0.25, 0.3) is 0 Å². The second-order valence-corrected chi connectivity index (χ2v) is 28.9. The molecule has 12 aliphatic rings. The standard InChI is InChI=1S/C60H108N12O3/c1-16-28-46-67(43-37-55(4,5)70(46)58(10,11)49(43)73-40-31-22-19-23-32-40)64-52-61-53(65-68-44-38-56(6,7)71(47(68)29-17-2)59(12,13)50(44)74-41-33-24-20-25-34-41)63-54(62-52)66-69-45-39-57(8,9)72(48(69)30-18-3)60(14,15)51(45)75-42-35-26-21-27-36-42/h40-51H,16-39H2,1-15H3,(H3,61,62,63,64,65,66). The van der Waals surface area contributed by atoms with E-state index in [4.69, 9.17) is 29.2 Å². The highest BCUT2D eigenvalue weighted by Crippen LogP contribution is 2.54. The molecule has 0 amide bonds. The smallest absolute Gasteiger partial charge is 0.244 e. The van der Waals surface area contributed by atoms with Crippen molar-refractivity contribution in [3.63, 3.8) is 0 Å². The zero-order valence-corrected chi connectivity index (χ0v) is 50.1. The van der Waals surface area contributed by atoms with E-state index >= 15 is 0 Å². The molecule has 3 aliphatic carbocycles. The predicted molar refractivity (Wildman–Crippen MR) is 303 cm³/mol. The molecule has 1 aromatic heterocycles. The Morgan fingerprint density at radius 2 is 0.627 bits per heavy atom. The summed E-state index contributed by atoms with van der Waals surface area (Å²) in [6.45, 7) is 36.4. The van der Waals surface area contributed by atoms with E-state index in [-0.39, 0.29) is 88.2 Å². The summed E-state index contributed by atoms with van der Waals surface area (Å²) in [6.07, 6.45) is 28.9. The zero-order valence-electron chi connectivity index (χ0n) is 50.1. The van der Waals surface area contributed by atoms with Crippen LogP contribution in [-0.2, 0) is 14.2 Å². The van der Waals surface area contributed by atoms with Gasteiger partial charge in [-0.25, -0.2) is 0 Å².